The average Bonchev–Trinajstić information content (AvgIpc) is 3.51. The van der Waals surface area contributed by atoms with Crippen LogP contribution < -0.4 is 0 Å². The van der Waals surface area contributed by atoms with Crippen molar-refractivity contribution in [2.75, 3.05) is 6.61 Å². The lowest BCUT2D eigenvalue weighted by atomic mass is 9.95. The number of ether oxygens (including phenoxy) is 8. The van der Waals surface area contributed by atoms with Crippen LogP contribution in [0, 0.1) is 0 Å². The summed E-state index contributed by atoms with van der Waals surface area (Å²) in [5.41, 5.74) is 0.987. The largest absolute Gasteiger partial charge is 0.390 e. The summed E-state index contributed by atoms with van der Waals surface area (Å²) in [6.45, 7) is 11.5. The Morgan fingerprint density at radius 2 is 1.46 bits per heavy atom. The maximum atomic E-state index is 11.3. The van der Waals surface area contributed by atoms with Gasteiger partial charge in [-0.3, -0.25) is 0 Å². The fourth-order valence-corrected chi connectivity index (χ4v) is 5.57. The Morgan fingerprint density at radius 1 is 0.811 bits per heavy atom. The third-order valence-electron chi connectivity index (χ3n) is 7.11. The molecule has 0 aliphatic carbocycles. The number of aliphatic hydroxyl groups excluding tert-OH is 2. The topological polar surface area (TPSA) is 114 Å². The lowest BCUT2D eigenvalue weighted by molar-refractivity contribution is -0.232. The second-order valence-electron chi connectivity index (χ2n) is 11.6. The second kappa shape index (κ2) is 10.1. The van der Waals surface area contributed by atoms with Gasteiger partial charge in [0.25, 0.3) is 0 Å². The van der Waals surface area contributed by atoms with E-state index in [0.717, 1.165) is 5.56 Å². The van der Waals surface area contributed by atoms with Gasteiger partial charge in [-0.05, 0) is 47.1 Å². The highest BCUT2D eigenvalue weighted by atomic mass is 16.8. The van der Waals surface area contributed by atoms with Gasteiger partial charge in [-0.2, -0.15) is 0 Å². The van der Waals surface area contributed by atoms with Crippen molar-refractivity contribution in [1.82, 2.24) is 0 Å². The Bertz CT molecular complexity index is 921. The van der Waals surface area contributed by atoms with Crippen molar-refractivity contribution in [3.8, 4) is 0 Å². The monoisotopic (exact) mass is 524 g/mol. The molecule has 4 aliphatic heterocycles. The Balaban J connectivity index is 1.27. The quantitative estimate of drug-likeness (QED) is 0.525. The molecule has 0 saturated carbocycles. The first-order valence-electron chi connectivity index (χ1n) is 13.0. The van der Waals surface area contributed by atoms with E-state index >= 15 is 0 Å². The van der Waals surface area contributed by atoms with E-state index in [2.05, 4.69) is 0 Å². The lowest BCUT2D eigenvalue weighted by Gasteiger charge is -2.31. The Hall–Kier alpha value is -1.18. The summed E-state index contributed by atoms with van der Waals surface area (Å²) >= 11 is 0. The predicted octanol–water partition coefficient (Wildman–Crippen LogP) is 2.23. The predicted molar refractivity (Wildman–Crippen MR) is 129 cm³/mol. The van der Waals surface area contributed by atoms with Gasteiger partial charge in [0.2, 0.25) is 0 Å². The van der Waals surface area contributed by atoms with Crippen LogP contribution >= 0.6 is 0 Å². The van der Waals surface area contributed by atoms with E-state index in [9.17, 15) is 10.2 Å². The van der Waals surface area contributed by atoms with Crippen molar-refractivity contribution >= 4 is 0 Å². The van der Waals surface area contributed by atoms with Crippen molar-refractivity contribution in [3.05, 3.63) is 35.9 Å². The Kier molecular flexibility index (Phi) is 7.47. The average molecular weight is 525 g/mol. The van der Waals surface area contributed by atoms with Crippen LogP contribution in [0.2, 0.25) is 0 Å². The molecule has 0 bridgehead atoms. The lowest BCUT2D eigenvalue weighted by Crippen LogP contribution is -2.48. The normalized spacial score (nSPS) is 39.5. The molecule has 37 heavy (non-hydrogen) atoms. The first-order chi connectivity index (χ1) is 17.3. The van der Waals surface area contributed by atoms with Crippen LogP contribution in [0.1, 0.15) is 53.5 Å². The highest BCUT2D eigenvalue weighted by molar-refractivity contribution is 5.13. The highest BCUT2D eigenvalue weighted by Crippen LogP contribution is 2.42. The van der Waals surface area contributed by atoms with E-state index in [1.807, 2.05) is 58.0 Å². The van der Waals surface area contributed by atoms with E-state index in [4.69, 9.17) is 37.9 Å². The summed E-state index contributed by atoms with van der Waals surface area (Å²) in [5, 5.41) is 22.5. The summed E-state index contributed by atoms with van der Waals surface area (Å²) < 4.78 is 48.1. The number of fused-ring (bicyclic) bond motifs is 1. The highest BCUT2D eigenvalue weighted by Gasteiger charge is 2.58. The molecule has 208 valence electrons. The number of hydrogen-bond donors (Lipinski definition) is 2. The summed E-state index contributed by atoms with van der Waals surface area (Å²) in [7, 11) is 0. The summed E-state index contributed by atoms with van der Waals surface area (Å²) in [4.78, 5) is 0. The molecule has 5 rings (SSSR count). The third-order valence-corrected chi connectivity index (χ3v) is 7.11. The van der Waals surface area contributed by atoms with Gasteiger partial charge in [-0.25, -0.2) is 0 Å². The Labute approximate surface area is 218 Å². The van der Waals surface area contributed by atoms with E-state index in [0.29, 0.717) is 13.2 Å². The molecule has 0 unspecified atom stereocenters. The van der Waals surface area contributed by atoms with Crippen LogP contribution in [0.5, 0.6) is 0 Å². The van der Waals surface area contributed by atoms with Gasteiger partial charge in [-0.15, -0.1) is 0 Å². The number of hydrogen-bond acceptors (Lipinski definition) is 10. The zero-order valence-electron chi connectivity index (χ0n) is 22.4. The van der Waals surface area contributed by atoms with E-state index < -0.39 is 72.5 Å². The van der Waals surface area contributed by atoms with Crippen molar-refractivity contribution in [2.24, 2.45) is 0 Å². The number of rotatable bonds is 8. The smallest absolute Gasteiger partial charge is 0.190 e. The summed E-state index contributed by atoms with van der Waals surface area (Å²) in [6, 6.07) is 9.75. The number of aliphatic hydroxyl groups is 2. The van der Waals surface area contributed by atoms with Crippen molar-refractivity contribution in [3.63, 3.8) is 0 Å². The molecule has 1 aromatic carbocycles. The van der Waals surface area contributed by atoms with Gasteiger partial charge in [0.15, 0.2) is 23.7 Å². The SMILES string of the molecule is CC1(C)O[C@@H]([C@@H]2COC(C)(C)O2)[C@H]([C@@H](O)C[C@@H](O)[C@H]2O[C@@H]3OC(C)(C)O[C@@H]3[C@H]2OCc2ccccc2)O1. The van der Waals surface area contributed by atoms with Gasteiger partial charge in [0, 0.05) is 6.42 Å². The van der Waals surface area contributed by atoms with Gasteiger partial charge >= 0.3 is 0 Å². The van der Waals surface area contributed by atoms with Crippen LogP contribution in [0.4, 0.5) is 0 Å². The minimum Gasteiger partial charge on any atom is -0.390 e. The fraction of sp³-hybridized carbons (Fsp3) is 0.778. The van der Waals surface area contributed by atoms with E-state index in [1.54, 1.807) is 13.8 Å². The molecule has 0 spiro atoms. The molecular formula is C27H40O10. The molecule has 0 aromatic heterocycles. The Morgan fingerprint density at radius 3 is 2.14 bits per heavy atom. The van der Waals surface area contributed by atoms with Crippen molar-refractivity contribution in [2.45, 2.75) is 127 Å². The first-order valence-corrected chi connectivity index (χ1v) is 13.0. The summed E-state index contributed by atoms with van der Waals surface area (Å²) in [5.74, 6) is -2.50. The molecule has 10 nitrogen and oxygen atoms in total. The first kappa shape index (κ1) is 27.4. The molecule has 4 fully saturated rings. The van der Waals surface area contributed by atoms with Gasteiger partial charge in [0.1, 0.15) is 36.6 Å². The zero-order valence-corrected chi connectivity index (χ0v) is 22.4. The molecule has 4 heterocycles. The fourth-order valence-electron chi connectivity index (χ4n) is 5.57. The van der Waals surface area contributed by atoms with Crippen LogP contribution in [0.3, 0.4) is 0 Å². The maximum absolute atomic E-state index is 11.3. The van der Waals surface area contributed by atoms with Crippen LogP contribution in [0.25, 0.3) is 0 Å². The van der Waals surface area contributed by atoms with Crippen molar-refractivity contribution in [1.29, 1.82) is 0 Å². The molecule has 9 atom stereocenters. The van der Waals surface area contributed by atoms with Gasteiger partial charge in [0.05, 0.1) is 25.4 Å². The van der Waals surface area contributed by atoms with Gasteiger partial charge in [-0.1, -0.05) is 30.3 Å². The number of benzene rings is 1. The van der Waals surface area contributed by atoms with Gasteiger partial charge < -0.3 is 48.1 Å². The van der Waals surface area contributed by atoms with E-state index in [-0.39, 0.29) is 6.42 Å². The summed E-state index contributed by atoms with van der Waals surface area (Å²) in [6.07, 6.45) is -6.47. The molecule has 10 heteroatoms. The van der Waals surface area contributed by atoms with Crippen LogP contribution in [0.15, 0.2) is 30.3 Å². The molecular weight excluding hydrogens is 484 g/mol. The maximum Gasteiger partial charge on any atom is 0.190 e. The molecule has 4 saturated heterocycles. The standard InChI is InChI=1S/C27H40O10/c1-25(2)31-14-18(33-25)21-20(34-26(3,4)35-21)17(29)12-16(28)19-22(30-13-15-10-8-7-9-11-15)23-24(32-19)37-27(5,6)36-23/h7-11,16-24,28-29H,12-14H2,1-6H3/t16-,17+,18+,19-,20+,21+,22+,23-,24-/m1/s1. The third kappa shape index (κ3) is 6.04. The second-order valence-corrected chi connectivity index (χ2v) is 11.6. The molecule has 0 amide bonds. The van der Waals surface area contributed by atoms with Crippen LogP contribution in [-0.2, 0) is 44.5 Å². The van der Waals surface area contributed by atoms with Crippen LogP contribution in [-0.4, -0.2) is 89.3 Å². The van der Waals surface area contributed by atoms with Crippen molar-refractivity contribution < 1.29 is 48.1 Å². The minimum atomic E-state index is -1.08. The minimum absolute atomic E-state index is 0.0315. The molecule has 1 aromatic rings. The molecule has 4 aliphatic rings. The molecule has 0 radical (unpaired) electrons. The zero-order chi connectivity index (χ0) is 26.6. The van der Waals surface area contributed by atoms with E-state index in [1.165, 1.54) is 0 Å². The molecule has 2 N–H and O–H groups in total.